The molecular weight excluding hydrogens is 248 g/mol. The lowest BCUT2D eigenvalue weighted by atomic mass is 9.87. The number of nitrogens with zero attached hydrogens (tertiary/aromatic N) is 2. The Labute approximate surface area is 124 Å². The van der Waals surface area contributed by atoms with Gasteiger partial charge in [0.05, 0.1) is 0 Å². The van der Waals surface area contributed by atoms with Gasteiger partial charge in [0.25, 0.3) is 0 Å². The summed E-state index contributed by atoms with van der Waals surface area (Å²) in [5.74, 6) is 1.61. The molecule has 0 unspecified atom stereocenters. The Bertz CT molecular complexity index is 287. The van der Waals surface area contributed by atoms with E-state index < -0.39 is 0 Å². The largest absolute Gasteiger partial charge is 0.343 e. The molecule has 1 heterocycles. The fraction of sp³-hybridized carbons (Fsp3) is 0.941. The average molecular weight is 280 g/mol. The number of rotatable bonds is 5. The lowest BCUT2D eigenvalue weighted by Gasteiger charge is -2.36. The van der Waals surface area contributed by atoms with Crippen molar-refractivity contribution in [1.82, 2.24) is 9.80 Å². The molecule has 2 aliphatic rings. The first-order valence-corrected chi connectivity index (χ1v) is 8.75. The zero-order valence-corrected chi connectivity index (χ0v) is 13.4. The van der Waals surface area contributed by atoms with Gasteiger partial charge in [-0.05, 0) is 58.5 Å². The second-order valence-corrected chi connectivity index (χ2v) is 6.59. The Hall–Kier alpha value is -0.570. The minimum absolute atomic E-state index is 0.289. The van der Waals surface area contributed by atoms with Crippen molar-refractivity contribution in [3.63, 3.8) is 0 Å². The lowest BCUT2D eigenvalue weighted by molar-refractivity contribution is -0.136. The Morgan fingerprint density at radius 1 is 1.00 bits per heavy atom. The van der Waals surface area contributed by atoms with E-state index in [9.17, 15) is 4.79 Å². The Kier molecular flexibility index (Phi) is 6.34. The van der Waals surface area contributed by atoms with Crippen LogP contribution in [0, 0.1) is 11.8 Å². The highest BCUT2D eigenvalue weighted by Gasteiger charge is 2.28. The van der Waals surface area contributed by atoms with Crippen LogP contribution in [0.4, 0.5) is 0 Å². The third-order valence-corrected chi connectivity index (χ3v) is 5.25. The standard InChI is InChI=1S/C17H32N2O/c1-3-19(4-2)17(20)16-10-12-18(13-11-16)14-15-8-6-5-7-9-15/h15-16H,3-14H2,1-2H3. The summed E-state index contributed by atoms with van der Waals surface area (Å²) in [5, 5.41) is 0. The minimum Gasteiger partial charge on any atom is -0.343 e. The van der Waals surface area contributed by atoms with Crippen LogP contribution in [0.25, 0.3) is 0 Å². The fourth-order valence-corrected chi connectivity index (χ4v) is 3.89. The second-order valence-electron chi connectivity index (χ2n) is 6.59. The smallest absolute Gasteiger partial charge is 0.225 e. The van der Waals surface area contributed by atoms with Crippen molar-refractivity contribution in [3.8, 4) is 0 Å². The monoisotopic (exact) mass is 280 g/mol. The SMILES string of the molecule is CCN(CC)C(=O)C1CCN(CC2CCCCC2)CC1. The average Bonchev–Trinajstić information content (AvgIpc) is 2.50. The molecule has 3 nitrogen and oxygen atoms in total. The quantitative estimate of drug-likeness (QED) is 0.772. The summed E-state index contributed by atoms with van der Waals surface area (Å²) in [7, 11) is 0. The van der Waals surface area contributed by atoms with Gasteiger partial charge in [-0.3, -0.25) is 4.79 Å². The molecule has 0 atom stereocenters. The maximum absolute atomic E-state index is 12.4. The van der Waals surface area contributed by atoms with Gasteiger partial charge < -0.3 is 9.80 Å². The van der Waals surface area contributed by atoms with Crippen molar-refractivity contribution in [2.24, 2.45) is 11.8 Å². The van der Waals surface area contributed by atoms with E-state index in [1.54, 1.807) is 0 Å². The Balaban J connectivity index is 1.72. The molecule has 0 aromatic rings. The molecule has 1 aliphatic heterocycles. The van der Waals surface area contributed by atoms with E-state index in [0.717, 1.165) is 44.9 Å². The first-order chi connectivity index (χ1) is 9.74. The Morgan fingerprint density at radius 2 is 1.60 bits per heavy atom. The van der Waals surface area contributed by atoms with Crippen LogP contribution in [0.15, 0.2) is 0 Å². The maximum atomic E-state index is 12.4. The molecule has 1 aliphatic carbocycles. The highest BCUT2D eigenvalue weighted by molar-refractivity contribution is 5.78. The number of amides is 1. The molecule has 2 fully saturated rings. The zero-order valence-electron chi connectivity index (χ0n) is 13.4. The third-order valence-electron chi connectivity index (χ3n) is 5.25. The molecule has 1 amide bonds. The van der Waals surface area contributed by atoms with Crippen LogP contribution < -0.4 is 0 Å². The third kappa shape index (κ3) is 4.21. The molecule has 116 valence electrons. The number of hydrogen-bond acceptors (Lipinski definition) is 2. The van der Waals surface area contributed by atoms with Gasteiger partial charge in [0.1, 0.15) is 0 Å². The van der Waals surface area contributed by atoms with Crippen molar-refractivity contribution in [1.29, 1.82) is 0 Å². The molecule has 1 saturated heterocycles. The number of hydrogen-bond donors (Lipinski definition) is 0. The van der Waals surface area contributed by atoms with E-state index in [1.807, 2.05) is 4.90 Å². The molecule has 3 heteroatoms. The van der Waals surface area contributed by atoms with E-state index in [4.69, 9.17) is 0 Å². The first-order valence-electron chi connectivity index (χ1n) is 8.75. The van der Waals surface area contributed by atoms with Crippen LogP contribution in [-0.4, -0.2) is 48.4 Å². The fourth-order valence-electron chi connectivity index (χ4n) is 3.89. The molecule has 0 bridgehead atoms. The first kappa shape index (κ1) is 15.8. The van der Waals surface area contributed by atoms with E-state index in [2.05, 4.69) is 18.7 Å². The number of piperidine rings is 1. The topological polar surface area (TPSA) is 23.6 Å². The Morgan fingerprint density at radius 3 is 2.15 bits per heavy atom. The number of carbonyl (C=O) groups excluding carboxylic acids is 1. The van der Waals surface area contributed by atoms with Crippen LogP contribution in [-0.2, 0) is 4.79 Å². The van der Waals surface area contributed by atoms with Crippen LogP contribution in [0.5, 0.6) is 0 Å². The van der Waals surface area contributed by atoms with Crippen molar-refractivity contribution in [2.75, 3.05) is 32.7 Å². The van der Waals surface area contributed by atoms with Gasteiger partial charge in [-0.1, -0.05) is 19.3 Å². The predicted octanol–water partition coefficient (Wildman–Crippen LogP) is 3.15. The van der Waals surface area contributed by atoms with Crippen molar-refractivity contribution >= 4 is 5.91 Å². The highest BCUT2D eigenvalue weighted by Crippen LogP contribution is 2.26. The zero-order chi connectivity index (χ0) is 14.4. The molecular formula is C17H32N2O. The number of likely N-dealkylation sites (tertiary alicyclic amines) is 1. The summed E-state index contributed by atoms with van der Waals surface area (Å²) in [4.78, 5) is 17.0. The summed E-state index contributed by atoms with van der Waals surface area (Å²) in [6.45, 7) is 9.43. The molecule has 0 aromatic carbocycles. The molecule has 1 saturated carbocycles. The van der Waals surface area contributed by atoms with Gasteiger partial charge in [0, 0.05) is 25.6 Å². The summed E-state index contributed by atoms with van der Waals surface area (Å²) in [6, 6.07) is 0. The van der Waals surface area contributed by atoms with Crippen LogP contribution in [0.1, 0.15) is 58.8 Å². The van der Waals surface area contributed by atoms with Crippen molar-refractivity contribution in [3.05, 3.63) is 0 Å². The van der Waals surface area contributed by atoms with Crippen LogP contribution >= 0.6 is 0 Å². The molecule has 0 N–H and O–H groups in total. The number of carbonyl (C=O) groups is 1. The molecule has 0 radical (unpaired) electrons. The van der Waals surface area contributed by atoms with Crippen LogP contribution in [0.2, 0.25) is 0 Å². The second kappa shape index (κ2) is 8.02. The molecule has 0 spiro atoms. The van der Waals surface area contributed by atoms with E-state index >= 15 is 0 Å². The molecule has 20 heavy (non-hydrogen) atoms. The highest BCUT2D eigenvalue weighted by atomic mass is 16.2. The summed E-state index contributed by atoms with van der Waals surface area (Å²) < 4.78 is 0. The normalized spacial score (nSPS) is 22.9. The van der Waals surface area contributed by atoms with E-state index in [-0.39, 0.29) is 5.92 Å². The van der Waals surface area contributed by atoms with Gasteiger partial charge in [-0.2, -0.15) is 0 Å². The van der Waals surface area contributed by atoms with Gasteiger partial charge in [0.2, 0.25) is 5.91 Å². The van der Waals surface area contributed by atoms with E-state index in [0.29, 0.717) is 5.91 Å². The molecule has 2 rings (SSSR count). The van der Waals surface area contributed by atoms with E-state index in [1.165, 1.54) is 38.6 Å². The summed E-state index contributed by atoms with van der Waals surface area (Å²) in [6.07, 6.45) is 9.31. The maximum Gasteiger partial charge on any atom is 0.225 e. The van der Waals surface area contributed by atoms with Crippen molar-refractivity contribution in [2.45, 2.75) is 58.8 Å². The predicted molar refractivity (Wildman–Crippen MR) is 83.7 cm³/mol. The summed E-state index contributed by atoms with van der Waals surface area (Å²) in [5.41, 5.74) is 0. The molecule has 0 aromatic heterocycles. The van der Waals surface area contributed by atoms with Crippen LogP contribution in [0.3, 0.4) is 0 Å². The van der Waals surface area contributed by atoms with Gasteiger partial charge in [-0.15, -0.1) is 0 Å². The summed E-state index contributed by atoms with van der Waals surface area (Å²) >= 11 is 0. The van der Waals surface area contributed by atoms with Gasteiger partial charge in [-0.25, -0.2) is 0 Å². The lowest BCUT2D eigenvalue weighted by Crippen LogP contribution is -2.43. The van der Waals surface area contributed by atoms with Gasteiger partial charge in [0.15, 0.2) is 0 Å². The minimum atomic E-state index is 0.289. The van der Waals surface area contributed by atoms with Gasteiger partial charge >= 0.3 is 0 Å². The van der Waals surface area contributed by atoms with Crippen molar-refractivity contribution < 1.29 is 4.79 Å².